The van der Waals surface area contributed by atoms with Crippen molar-refractivity contribution in [1.82, 2.24) is 19.7 Å². The Morgan fingerprint density at radius 2 is 1.84 bits per heavy atom. The number of H-pyrrole nitrogens is 1. The summed E-state index contributed by atoms with van der Waals surface area (Å²) in [6, 6.07) is 11.6. The molecule has 0 aliphatic carbocycles. The zero-order chi connectivity index (χ0) is 22.1. The highest BCUT2D eigenvalue weighted by Gasteiger charge is 2.23. The molecule has 0 spiro atoms. The van der Waals surface area contributed by atoms with Gasteiger partial charge in [0.25, 0.3) is 5.56 Å². The lowest BCUT2D eigenvalue weighted by atomic mass is 10.0. The molecule has 164 valence electrons. The van der Waals surface area contributed by atoms with Crippen LogP contribution in [-0.2, 0) is 6.54 Å². The fraction of sp³-hybridized carbons (Fsp3) is 0.261. The fourth-order valence-electron chi connectivity index (χ4n) is 4.23. The molecule has 0 unspecified atom stereocenters. The van der Waals surface area contributed by atoms with Crippen molar-refractivity contribution in [2.75, 3.05) is 23.3 Å². The average molecular weight is 469 g/mol. The Hall–Kier alpha value is -3.03. The fourth-order valence-corrected chi connectivity index (χ4v) is 4.55. The van der Waals surface area contributed by atoms with Crippen LogP contribution in [0.3, 0.4) is 0 Å². The first-order chi connectivity index (χ1) is 15.6. The second-order valence-corrected chi connectivity index (χ2v) is 8.75. The number of benzene rings is 1. The smallest absolute Gasteiger partial charge is 0.275 e. The van der Waals surface area contributed by atoms with Crippen molar-refractivity contribution in [2.24, 2.45) is 0 Å². The van der Waals surface area contributed by atoms with Crippen molar-refractivity contribution >= 4 is 45.6 Å². The van der Waals surface area contributed by atoms with Crippen LogP contribution in [0.5, 0.6) is 0 Å². The van der Waals surface area contributed by atoms with E-state index in [0.29, 0.717) is 27.9 Å². The van der Waals surface area contributed by atoms with Crippen molar-refractivity contribution in [3.05, 3.63) is 81.0 Å². The van der Waals surface area contributed by atoms with Gasteiger partial charge in [0.2, 0.25) is 0 Å². The summed E-state index contributed by atoms with van der Waals surface area (Å²) < 4.78 is 1.89. The minimum atomic E-state index is -0.145. The Labute approximate surface area is 195 Å². The predicted octanol–water partition coefficient (Wildman–Crippen LogP) is 4.88. The summed E-state index contributed by atoms with van der Waals surface area (Å²) in [5, 5.41) is 9.66. The van der Waals surface area contributed by atoms with E-state index in [9.17, 15) is 4.79 Å². The van der Waals surface area contributed by atoms with E-state index in [1.807, 2.05) is 47.4 Å². The van der Waals surface area contributed by atoms with Gasteiger partial charge in [-0.05, 0) is 48.7 Å². The molecule has 9 heteroatoms. The molecule has 4 aromatic rings. The molecule has 1 aliphatic heterocycles. The van der Waals surface area contributed by atoms with Gasteiger partial charge >= 0.3 is 0 Å². The largest absolute Gasteiger partial charge is 0.371 e. The van der Waals surface area contributed by atoms with Crippen molar-refractivity contribution in [2.45, 2.75) is 25.4 Å². The van der Waals surface area contributed by atoms with Crippen LogP contribution in [-0.4, -0.2) is 32.8 Å². The zero-order valence-corrected chi connectivity index (χ0v) is 18.8. The number of aromatic amines is 1. The Balaban J connectivity index is 1.31. The number of hydrogen-bond donors (Lipinski definition) is 2. The number of nitrogens with one attached hydrogen (secondary N) is 2. The van der Waals surface area contributed by atoms with E-state index in [1.165, 1.54) is 5.69 Å². The highest BCUT2D eigenvalue weighted by Crippen LogP contribution is 2.28. The maximum absolute atomic E-state index is 12.9. The molecule has 0 bridgehead atoms. The first-order valence-corrected chi connectivity index (χ1v) is 11.3. The summed E-state index contributed by atoms with van der Waals surface area (Å²) in [7, 11) is 0. The van der Waals surface area contributed by atoms with Crippen LogP contribution in [0.2, 0.25) is 10.0 Å². The van der Waals surface area contributed by atoms with Gasteiger partial charge in [-0.2, -0.15) is 5.10 Å². The van der Waals surface area contributed by atoms with E-state index < -0.39 is 0 Å². The molecule has 1 saturated heterocycles. The molecule has 1 aromatic carbocycles. The lowest BCUT2D eigenvalue weighted by Crippen LogP contribution is -2.35. The quantitative estimate of drug-likeness (QED) is 0.436. The molecular formula is C23H22Cl2N6O. The summed E-state index contributed by atoms with van der Waals surface area (Å²) in [5.74, 6) is 0.639. The van der Waals surface area contributed by atoms with E-state index in [0.717, 1.165) is 36.9 Å². The van der Waals surface area contributed by atoms with E-state index in [4.69, 9.17) is 23.2 Å². The highest BCUT2D eigenvalue weighted by atomic mass is 35.5. The van der Waals surface area contributed by atoms with Gasteiger partial charge in [-0.15, -0.1) is 0 Å². The van der Waals surface area contributed by atoms with Gasteiger partial charge in [0.15, 0.2) is 0 Å². The van der Waals surface area contributed by atoms with Gasteiger partial charge in [0, 0.05) is 43.1 Å². The maximum Gasteiger partial charge on any atom is 0.275 e. The number of aromatic nitrogens is 4. The van der Waals surface area contributed by atoms with Gasteiger partial charge < -0.3 is 15.2 Å². The first-order valence-electron chi connectivity index (χ1n) is 10.5. The lowest BCUT2D eigenvalue weighted by molar-refractivity contribution is 0.375. The standard InChI is InChI=1S/C23H22Cl2N6O/c24-19-2-1-15(11-20(19)25)13-27-21-12-16-14-28-31(22(16)23(32)29-21)18-5-9-30(10-6-18)17-3-7-26-8-4-17/h1-4,7-8,11-12,14,18H,5-6,9-10,13H2,(H2,27,29,32). The minimum Gasteiger partial charge on any atom is -0.371 e. The van der Waals surface area contributed by atoms with Gasteiger partial charge in [0.05, 0.1) is 22.3 Å². The second kappa shape index (κ2) is 8.84. The Morgan fingerprint density at radius 1 is 1.06 bits per heavy atom. The van der Waals surface area contributed by atoms with E-state index in [2.05, 4.69) is 25.3 Å². The van der Waals surface area contributed by atoms with Crippen LogP contribution >= 0.6 is 23.2 Å². The number of halogens is 2. The molecule has 1 aliphatic rings. The Kier molecular flexibility index (Phi) is 5.76. The third-order valence-corrected chi connectivity index (χ3v) is 6.63. The van der Waals surface area contributed by atoms with Gasteiger partial charge in [-0.25, -0.2) is 0 Å². The number of fused-ring (bicyclic) bond motifs is 1. The maximum atomic E-state index is 12.9. The Morgan fingerprint density at radius 3 is 2.59 bits per heavy atom. The second-order valence-electron chi connectivity index (χ2n) is 7.93. The summed E-state index contributed by atoms with van der Waals surface area (Å²) in [5.41, 5.74) is 2.62. The van der Waals surface area contributed by atoms with Crippen LogP contribution in [0.25, 0.3) is 10.9 Å². The van der Waals surface area contributed by atoms with Crippen molar-refractivity contribution in [1.29, 1.82) is 0 Å². The SMILES string of the molecule is O=c1[nH]c(NCc2ccc(Cl)c(Cl)c2)cc2cnn(C3CCN(c4ccncc4)CC3)c12. The molecule has 7 nitrogen and oxygen atoms in total. The van der Waals surface area contributed by atoms with Crippen LogP contribution in [0, 0.1) is 0 Å². The highest BCUT2D eigenvalue weighted by molar-refractivity contribution is 6.42. The van der Waals surface area contributed by atoms with E-state index >= 15 is 0 Å². The number of rotatable bonds is 5. The molecule has 32 heavy (non-hydrogen) atoms. The summed E-state index contributed by atoms with van der Waals surface area (Å²) in [4.78, 5) is 22.3. The monoisotopic (exact) mass is 468 g/mol. The van der Waals surface area contributed by atoms with Gasteiger partial charge in [-0.3, -0.25) is 14.5 Å². The summed E-state index contributed by atoms with van der Waals surface area (Å²) in [6.07, 6.45) is 7.25. The average Bonchev–Trinajstić information content (AvgIpc) is 3.25. The number of nitrogens with zero attached hydrogens (tertiary/aromatic N) is 4. The molecule has 3 aromatic heterocycles. The summed E-state index contributed by atoms with van der Waals surface area (Å²) in [6.45, 7) is 2.34. The number of hydrogen-bond acceptors (Lipinski definition) is 5. The Bertz CT molecular complexity index is 1300. The molecule has 0 atom stereocenters. The topological polar surface area (TPSA) is 78.8 Å². The zero-order valence-electron chi connectivity index (χ0n) is 17.3. The van der Waals surface area contributed by atoms with Gasteiger partial charge in [0.1, 0.15) is 11.3 Å². The number of piperidine rings is 1. The summed E-state index contributed by atoms with van der Waals surface area (Å²) >= 11 is 12.1. The van der Waals surface area contributed by atoms with Crippen molar-refractivity contribution < 1.29 is 0 Å². The predicted molar refractivity (Wildman–Crippen MR) is 129 cm³/mol. The molecule has 2 N–H and O–H groups in total. The van der Waals surface area contributed by atoms with Gasteiger partial charge in [-0.1, -0.05) is 29.3 Å². The lowest BCUT2D eigenvalue weighted by Gasteiger charge is -2.33. The molecule has 0 radical (unpaired) electrons. The molecule has 0 amide bonds. The van der Waals surface area contributed by atoms with Crippen LogP contribution < -0.4 is 15.8 Å². The third-order valence-electron chi connectivity index (χ3n) is 5.89. The molecule has 4 heterocycles. The first kappa shape index (κ1) is 20.8. The third kappa shape index (κ3) is 4.18. The number of anilines is 2. The molecule has 5 rings (SSSR count). The molecular weight excluding hydrogens is 447 g/mol. The molecule has 0 saturated carbocycles. The normalized spacial score (nSPS) is 14.8. The molecule has 1 fully saturated rings. The van der Waals surface area contributed by atoms with Crippen LogP contribution in [0.15, 0.2) is 59.8 Å². The van der Waals surface area contributed by atoms with Crippen LogP contribution in [0.4, 0.5) is 11.5 Å². The van der Waals surface area contributed by atoms with Crippen LogP contribution in [0.1, 0.15) is 24.4 Å². The van der Waals surface area contributed by atoms with E-state index in [1.54, 1.807) is 12.3 Å². The number of pyridine rings is 2. The van der Waals surface area contributed by atoms with Crippen molar-refractivity contribution in [3.63, 3.8) is 0 Å². The minimum absolute atomic E-state index is 0.145. The van der Waals surface area contributed by atoms with Crippen molar-refractivity contribution in [3.8, 4) is 0 Å². The van der Waals surface area contributed by atoms with E-state index in [-0.39, 0.29) is 11.6 Å².